The summed E-state index contributed by atoms with van der Waals surface area (Å²) in [6, 6.07) is 10.4. The smallest absolute Gasteiger partial charge is 0.304 e. The molecule has 2 amide bonds. The van der Waals surface area contributed by atoms with Crippen LogP contribution in [-0.2, 0) is 9.59 Å². The van der Waals surface area contributed by atoms with Crippen molar-refractivity contribution in [3.63, 3.8) is 0 Å². The van der Waals surface area contributed by atoms with Crippen molar-refractivity contribution in [3.05, 3.63) is 30.3 Å². The molecule has 2 saturated carbocycles. The van der Waals surface area contributed by atoms with Gasteiger partial charge in [-0.25, -0.2) is 4.79 Å². The molecule has 0 spiro atoms. The number of para-hydroxylation sites is 1. The first-order valence-corrected chi connectivity index (χ1v) is 11.0. The molecule has 2 fully saturated rings. The average molecular weight is 387 g/mol. The largest absolute Gasteiger partial charge is 0.321 e. The molecule has 1 aromatic carbocycles. The Balaban J connectivity index is 1.87. The second-order valence-corrected chi connectivity index (χ2v) is 8.64. The van der Waals surface area contributed by atoms with E-state index < -0.39 is 0 Å². The van der Waals surface area contributed by atoms with E-state index in [1.165, 1.54) is 25.7 Å². The molecule has 0 saturated heterocycles. The van der Waals surface area contributed by atoms with E-state index in [2.05, 4.69) is 12.3 Å². The highest BCUT2D eigenvalue weighted by Gasteiger charge is 2.44. The molecular weight excluding hydrogens is 350 g/mol. The predicted molar refractivity (Wildman–Crippen MR) is 112 cm³/mol. The van der Waals surface area contributed by atoms with E-state index in [0.29, 0.717) is 5.92 Å². The number of anilines is 1. The predicted octanol–water partition coefficient (Wildman–Crippen LogP) is 4.04. The highest BCUT2D eigenvalue weighted by molar-refractivity contribution is 5.95. The quantitative estimate of drug-likeness (QED) is 0.437. The van der Waals surface area contributed by atoms with Crippen molar-refractivity contribution in [3.8, 4) is 0 Å². The number of amides is 2. The van der Waals surface area contributed by atoms with Gasteiger partial charge in [-0.05, 0) is 37.8 Å². The lowest BCUT2D eigenvalue weighted by molar-refractivity contribution is -0.909. The summed E-state index contributed by atoms with van der Waals surface area (Å²) in [7, 11) is 1.82. The molecule has 3 unspecified atom stereocenters. The number of rotatable bonds is 7. The van der Waals surface area contributed by atoms with Gasteiger partial charge < -0.3 is 4.90 Å². The molecule has 3 atom stereocenters. The lowest BCUT2D eigenvalue weighted by Crippen LogP contribution is -2.67. The first kappa shape index (κ1) is 21.0. The third-order valence-electron chi connectivity index (χ3n) is 6.90. The minimum atomic E-state index is 0.0378. The number of benzene rings is 1. The van der Waals surface area contributed by atoms with Crippen LogP contribution in [0.3, 0.4) is 0 Å². The SMILES string of the molecule is CN[N+](C=O)(CC(=O)N(c1ccccc1)C1CCCCC1)C1CCCCC1C. The molecule has 0 radical (unpaired) electrons. The molecule has 154 valence electrons. The summed E-state index contributed by atoms with van der Waals surface area (Å²) in [5.74, 6) is 0.483. The normalized spacial score (nSPS) is 25.6. The summed E-state index contributed by atoms with van der Waals surface area (Å²) in [5, 5.41) is 0. The minimum absolute atomic E-state index is 0.0378. The molecule has 3 rings (SSSR count). The zero-order valence-electron chi connectivity index (χ0n) is 17.5. The highest BCUT2D eigenvalue weighted by Crippen LogP contribution is 2.32. The van der Waals surface area contributed by atoms with E-state index in [0.717, 1.165) is 44.2 Å². The minimum Gasteiger partial charge on any atom is -0.304 e. The van der Waals surface area contributed by atoms with Gasteiger partial charge in [0, 0.05) is 31.1 Å². The van der Waals surface area contributed by atoms with Crippen molar-refractivity contribution in [2.24, 2.45) is 5.92 Å². The van der Waals surface area contributed by atoms with Crippen molar-refractivity contribution >= 4 is 18.0 Å². The fourth-order valence-corrected chi connectivity index (χ4v) is 5.30. The van der Waals surface area contributed by atoms with Gasteiger partial charge in [0.05, 0.1) is 0 Å². The number of carbonyl (C=O) groups is 2. The topological polar surface area (TPSA) is 49.4 Å². The number of quaternary nitrogens is 1. The van der Waals surface area contributed by atoms with Crippen molar-refractivity contribution in [1.29, 1.82) is 0 Å². The van der Waals surface area contributed by atoms with Gasteiger partial charge in [0.2, 0.25) is 0 Å². The maximum absolute atomic E-state index is 13.6. The van der Waals surface area contributed by atoms with Gasteiger partial charge in [-0.1, -0.05) is 50.8 Å². The Kier molecular flexibility index (Phi) is 7.24. The van der Waals surface area contributed by atoms with Gasteiger partial charge >= 0.3 is 6.41 Å². The Morgan fingerprint density at radius 3 is 2.32 bits per heavy atom. The van der Waals surface area contributed by atoms with Crippen LogP contribution in [0.25, 0.3) is 0 Å². The third kappa shape index (κ3) is 4.47. The van der Waals surface area contributed by atoms with Gasteiger partial charge in [-0.15, -0.1) is 0 Å². The maximum atomic E-state index is 13.6. The molecule has 1 N–H and O–H groups in total. The molecule has 5 heteroatoms. The molecule has 0 aromatic heterocycles. The van der Waals surface area contributed by atoms with E-state index in [1.54, 1.807) is 0 Å². The van der Waals surface area contributed by atoms with Crippen LogP contribution >= 0.6 is 0 Å². The Morgan fingerprint density at radius 1 is 1.07 bits per heavy atom. The number of nitrogens with zero attached hydrogens (tertiary/aromatic N) is 2. The van der Waals surface area contributed by atoms with Crippen molar-refractivity contribution in [1.82, 2.24) is 5.43 Å². The number of nitrogens with one attached hydrogen (secondary N) is 1. The van der Waals surface area contributed by atoms with Gasteiger partial charge in [0.1, 0.15) is 6.04 Å². The Hall–Kier alpha value is -1.72. The monoisotopic (exact) mass is 386 g/mol. The van der Waals surface area contributed by atoms with Gasteiger partial charge in [-0.3, -0.25) is 4.79 Å². The lowest BCUT2D eigenvalue weighted by atomic mass is 9.84. The summed E-state index contributed by atoms with van der Waals surface area (Å²) in [4.78, 5) is 27.9. The zero-order chi connectivity index (χ0) is 20.0. The van der Waals surface area contributed by atoms with Crippen LogP contribution in [0.1, 0.15) is 64.7 Å². The molecule has 0 heterocycles. The lowest BCUT2D eigenvalue weighted by Gasteiger charge is -2.43. The standard InChI is InChI=1S/C23H36N3O2/c1-19-11-9-10-16-22(19)26(18-27,24-2)17-23(28)25(20-12-5-3-6-13-20)21-14-7-4-8-15-21/h3,5-6,12-13,18-19,21-22,24H,4,7-11,14-17H2,1-2H3/q+1. The highest BCUT2D eigenvalue weighted by atomic mass is 16.2. The summed E-state index contributed by atoms with van der Waals surface area (Å²) in [6.45, 7) is 2.40. The van der Waals surface area contributed by atoms with Crippen molar-refractivity contribution in [2.45, 2.75) is 76.8 Å². The van der Waals surface area contributed by atoms with E-state index in [-0.39, 0.29) is 29.1 Å². The van der Waals surface area contributed by atoms with Gasteiger partial charge in [0.15, 0.2) is 6.54 Å². The second-order valence-electron chi connectivity index (χ2n) is 8.64. The van der Waals surface area contributed by atoms with Crippen LogP contribution < -0.4 is 10.3 Å². The van der Waals surface area contributed by atoms with E-state index in [1.807, 2.05) is 42.3 Å². The van der Waals surface area contributed by atoms with Crippen LogP contribution in [0, 0.1) is 5.92 Å². The van der Waals surface area contributed by atoms with Crippen molar-refractivity contribution in [2.75, 3.05) is 18.5 Å². The summed E-state index contributed by atoms with van der Waals surface area (Å²) in [6.07, 6.45) is 11.1. The maximum Gasteiger partial charge on any atom is 0.321 e. The number of carbonyl (C=O) groups excluding carboxylic acids is 2. The van der Waals surface area contributed by atoms with Crippen LogP contribution in [0.5, 0.6) is 0 Å². The van der Waals surface area contributed by atoms with Gasteiger partial charge in [0.25, 0.3) is 5.91 Å². The van der Waals surface area contributed by atoms with Crippen LogP contribution in [-0.4, -0.2) is 42.6 Å². The molecule has 0 bridgehead atoms. The first-order valence-electron chi connectivity index (χ1n) is 11.0. The molecular formula is C23H36N3O2+. The number of hydrogen-bond acceptors (Lipinski definition) is 3. The molecule has 2 aliphatic carbocycles. The summed E-state index contributed by atoms with van der Waals surface area (Å²) in [5.41, 5.74) is 4.18. The fraction of sp³-hybridized carbons (Fsp3) is 0.652. The Morgan fingerprint density at radius 2 is 1.71 bits per heavy atom. The van der Waals surface area contributed by atoms with Gasteiger partial charge in [-0.2, -0.15) is 10.0 Å². The number of hydrogen-bond donors (Lipinski definition) is 1. The molecule has 5 nitrogen and oxygen atoms in total. The zero-order valence-corrected chi connectivity index (χ0v) is 17.5. The summed E-state index contributed by atoms with van der Waals surface area (Å²) < 4.78 is 0.0378. The summed E-state index contributed by atoms with van der Waals surface area (Å²) >= 11 is 0. The van der Waals surface area contributed by atoms with E-state index in [9.17, 15) is 9.59 Å². The Bertz CT molecular complexity index is 645. The van der Waals surface area contributed by atoms with Crippen molar-refractivity contribution < 1.29 is 14.2 Å². The third-order valence-corrected chi connectivity index (χ3v) is 6.90. The van der Waals surface area contributed by atoms with Crippen LogP contribution in [0.4, 0.5) is 5.69 Å². The molecule has 2 aliphatic rings. The van der Waals surface area contributed by atoms with Crippen LogP contribution in [0.15, 0.2) is 30.3 Å². The van der Waals surface area contributed by atoms with E-state index >= 15 is 0 Å². The molecule has 1 aromatic rings. The fourth-order valence-electron chi connectivity index (χ4n) is 5.30. The van der Waals surface area contributed by atoms with E-state index in [4.69, 9.17) is 0 Å². The van der Waals surface area contributed by atoms with Crippen LogP contribution in [0.2, 0.25) is 0 Å². The molecule has 0 aliphatic heterocycles. The second kappa shape index (κ2) is 9.66. The average Bonchev–Trinajstić information content (AvgIpc) is 2.74. The first-order chi connectivity index (χ1) is 13.6. The molecule has 28 heavy (non-hydrogen) atoms. The Labute approximate surface area is 169 Å².